The number of hydrogen-bond acceptors (Lipinski definition) is 7. The van der Waals surface area contributed by atoms with E-state index in [1.165, 1.54) is 29.8 Å². The molecule has 0 aliphatic rings. The van der Waals surface area contributed by atoms with Gasteiger partial charge in [0, 0.05) is 30.0 Å². The van der Waals surface area contributed by atoms with E-state index < -0.39 is 5.97 Å². The Morgan fingerprint density at radius 2 is 2.12 bits per heavy atom. The van der Waals surface area contributed by atoms with Crippen LogP contribution in [0.5, 0.6) is 0 Å². The summed E-state index contributed by atoms with van der Waals surface area (Å²) in [5.74, 6) is -0.770. The lowest BCUT2D eigenvalue weighted by Crippen LogP contribution is -2.13. The zero-order chi connectivity index (χ0) is 18.5. The van der Waals surface area contributed by atoms with E-state index in [-0.39, 0.29) is 24.5 Å². The maximum Gasteiger partial charge on any atom is 0.354 e. The number of anilines is 1. The van der Waals surface area contributed by atoms with Gasteiger partial charge in [-0.2, -0.15) is 0 Å². The van der Waals surface area contributed by atoms with E-state index in [4.69, 9.17) is 0 Å². The van der Waals surface area contributed by atoms with Crippen molar-refractivity contribution in [2.24, 2.45) is 0 Å². The average molecular weight is 389 g/mol. The topological polar surface area (TPSA) is 101 Å². The number of rotatable bonds is 7. The first-order valence-corrected chi connectivity index (χ1v) is 9.42. The quantitative estimate of drug-likeness (QED) is 0.475. The van der Waals surface area contributed by atoms with Gasteiger partial charge in [0.25, 0.3) is 0 Å². The molecule has 134 valence electrons. The molecule has 1 amide bonds. The predicted octanol–water partition coefficient (Wildman–Crippen LogP) is 3.59. The number of hydrogen-bond donors (Lipinski definition) is 2. The van der Waals surface area contributed by atoms with Crippen LogP contribution in [0.1, 0.15) is 33.0 Å². The molecular formula is C17H15N3O4S2. The molecule has 9 heteroatoms. The van der Waals surface area contributed by atoms with E-state index in [1.54, 1.807) is 23.7 Å². The van der Waals surface area contributed by atoms with Crippen molar-refractivity contribution in [3.05, 3.63) is 45.7 Å². The normalized spacial score (nSPS) is 10.5. The molecule has 0 aliphatic carbocycles. The number of aromatic nitrogens is 2. The first-order valence-electron chi connectivity index (χ1n) is 7.66. The molecule has 2 N–H and O–H groups in total. The van der Waals surface area contributed by atoms with Crippen LogP contribution in [0, 0.1) is 0 Å². The average Bonchev–Trinajstić information content (AvgIpc) is 3.39. The molecule has 0 atom stereocenters. The van der Waals surface area contributed by atoms with Crippen molar-refractivity contribution in [2.75, 3.05) is 12.4 Å². The van der Waals surface area contributed by atoms with Gasteiger partial charge in [0.15, 0.2) is 10.9 Å². The van der Waals surface area contributed by atoms with E-state index in [9.17, 15) is 14.4 Å². The number of aromatic amines is 1. The Labute approximate surface area is 157 Å². The Kier molecular flexibility index (Phi) is 5.59. The molecule has 3 rings (SSSR count). The Hall–Kier alpha value is -2.78. The summed E-state index contributed by atoms with van der Waals surface area (Å²) in [4.78, 5) is 43.2. The van der Waals surface area contributed by atoms with Crippen molar-refractivity contribution in [1.29, 1.82) is 0 Å². The standard InChI is InChI=1S/C17H15N3O4S2/c1-24-16(23)11-7-10(8-18-11)12-9-26-17(19-12)20-15(22)5-4-13(21)14-3-2-6-25-14/h2-3,6-9,18H,4-5H2,1H3,(H,19,20,22). The third-order valence-corrected chi connectivity index (χ3v) is 5.18. The SMILES string of the molecule is COC(=O)c1cc(-c2csc(NC(=O)CCC(=O)c3cccs3)n2)c[nH]1. The highest BCUT2D eigenvalue weighted by Crippen LogP contribution is 2.26. The number of esters is 1. The maximum atomic E-state index is 12.0. The minimum Gasteiger partial charge on any atom is -0.464 e. The summed E-state index contributed by atoms with van der Waals surface area (Å²) in [7, 11) is 1.31. The molecule has 3 aromatic heterocycles. The fourth-order valence-electron chi connectivity index (χ4n) is 2.20. The van der Waals surface area contributed by atoms with E-state index in [0.29, 0.717) is 21.4 Å². The molecule has 26 heavy (non-hydrogen) atoms. The van der Waals surface area contributed by atoms with Crippen LogP contribution < -0.4 is 5.32 Å². The van der Waals surface area contributed by atoms with Crippen LogP contribution in [0.4, 0.5) is 5.13 Å². The second kappa shape index (κ2) is 8.07. The minimum absolute atomic E-state index is 0.0439. The number of ether oxygens (including phenoxy) is 1. The monoisotopic (exact) mass is 389 g/mol. The van der Waals surface area contributed by atoms with Gasteiger partial charge in [0.1, 0.15) is 5.69 Å². The van der Waals surface area contributed by atoms with Gasteiger partial charge < -0.3 is 15.0 Å². The summed E-state index contributed by atoms with van der Waals surface area (Å²) in [5.41, 5.74) is 1.68. The zero-order valence-corrected chi connectivity index (χ0v) is 15.4. The predicted molar refractivity (Wildman–Crippen MR) is 99.8 cm³/mol. The van der Waals surface area contributed by atoms with Gasteiger partial charge in [0.2, 0.25) is 5.91 Å². The largest absolute Gasteiger partial charge is 0.464 e. The molecule has 7 nitrogen and oxygen atoms in total. The van der Waals surface area contributed by atoms with Crippen LogP contribution in [-0.2, 0) is 9.53 Å². The molecule has 0 saturated heterocycles. The van der Waals surface area contributed by atoms with E-state index >= 15 is 0 Å². The van der Waals surface area contributed by atoms with Gasteiger partial charge in [0.05, 0.1) is 17.7 Å². The van der Waals surface area contributed by atoms with Crippen LogP contribution in [-0.4, -0.2) is 34.7 Å². The van der Waals surface area contributed by atoms with Gasteiger partial charge in [-0.05, 0) is 17.5 Å². The molecule has 0 bridgehead atoms. The number of ketones is 1. The fraction of sp³-hybridized carbons (Fsp3) is 0.176. The van der Waals surface area contributed by atoms with Gasteiger partial charge >= 0.3 is 5.97 Å². The van der Waals surface area contributed by atoms with E-state index in [0.717, 1.165) is 5.56 Å². The van der Waals surface area contributed by atoms with Crippen LogP contribution in [0.15, 0.2) is 35.2 Å². The molecule has 0 spiro atoms. The number of nitrogens with one attached hydrogen (secondary N) is 2. The lowest BCUT2D eigenvalue weighted by molar-refractivity contribution is -0.116. The Morgan fingerprint density at radius 1 is 1.27 bits per heavy atom. The lowest BCUT2D eigenvalue weighted by Gasteiger charge is -2.00. The summed E-state index contributed by atoms with van der Waals surface area (Å²) in [6.07, 6.45) is 1.90. The van der Waals surface area contributed by atoms with E-state index in [1.807, 2.05) is 11.4 Å². The number of carbonyl (C=O) groups excluding carboxylic acids is 3. The third-order valence-electron chi connectivity index (χ3n) is 3.51. The van der Waals surface area contributed by atoms with Crippen LogP contribution >= 0.6 is 22.7 Å². The summed E-state index contributed by atoms with van der Waals surface area (Å²) >= 11 is 2.64. The summed E-state index contributed by atoms with van der Waals surface area (Å²) in [6, 6.07) is 5.19. The molecule has 0 unspecified atom stereocenters. The maximum absolute atomic E-state index is 12.0. The molecule has 0 fully saturated rings. The number of Topliss-reactive ketones (excluding diaryl/α,β-unsaturated/α-hetero) is 1. The van der Waals surface area contributed by atoms with Crippen molar-refractivity contribution in [2.45, 2.75) is 12.8 Å². The molecular weight excluding hydrogens is 374 g/mol. The number of H-pyrrole nitrogens is 1. The van der Waals surface area contributed by atoms with Gasteiger partial charge in [-0.3, -0.25) is 9.59 Å². The van der Waals surface area contributed by atoms with Crippen LogP contribution in [0.2, 0.25) is 0 Å². The van der Waals surface area contributed by atoms with Crippen molar-refractivity contribution in [1.82, 2.24) is 9.97 Å². The second-order valence-corrected chi connectivity index (χ2v) is 7.09. The molecule has 0 saturated carbocycles. The molecule has 3 aromatic rings. The number of carbonyl (C=O) groups is 3. The number of thiazole rings is 1. The number of thiophene rings is 1. The Morgan fingerprint density at radius 3 is 2.85 bits per heavy atom. The van der Waals surface area contributed by atoms with Crippen molar-refractivity contribution < 1.29 is 19.1 Å². The van der Waals surface area contributed by atoms with Crippen molar-refractivity contribution in [3.63, 3.8) is 0 Å². The fourth-order valence-corrected chi connectivity index (χ4v) is 3.63. The van der Waals surface area contributed by atoms with Gasteiger partial charge in [-0.15, -0.1) is 22.7 Å². The van der Waals surface area contributed by atoms with Crippen LogP contribution in [0.3, 0.4) is 0 Å². The highest BCUT2D eigenvalue weighted by molar-refractivity contribution is 7.14. The highest BCUT2D eigenvalue weighted by Gasteiger charge is 2.14. The smallest absolute Gasteiger partial charge is 0.354 e. The van der Waals surface area contributed by atoms with Gasteiger partial charge in [-0.1, -0.05) is 6.07 Å². The molecule has 0 aliphatic heterocycles. The molecule has 0 aromatic carbocycles. The molecule has 3 heterocycles. The van der Waals surface area contributed by atoms with Gasteiger partial charge in [-0.25, -0.2) is 9.78 Å². The van der Waals surface area contributed by atoms with Crippen LogP contribution in [0.25, 0.3) is 11.3 Å². The zero-order valence-electron chi connectivity index (χ0n) is 13.8. The number of methoxy groups -OCH3 is 1. The minimum atomic E-state index is -0.463. The Balaban J connectivity index is 1.56. The second-order valence-electron chi connectivity index (χ2n) is 5.28. The summed E-state index contributed by atoms with van der Waals surface area (Å²) < 4.78 is 4.64. The Bertz CT molecular complexity index is 928. The lowest BCUT2D eigenvalue weighted by atomic mass is 10.2. The van der Waals surface area contributed by atoms with Crippen molar-refractivity contribution in [3.8, 4) is 11.3 Å². The third kappa shape index (κ3) is 4.24. The number of amides is 1. The first-order chi connectivity index (χ1) is 12.6. The van der Waals surface area contributed by atoms with E-state index in [2.05, 4.69) is 20.0 Å². The summed E-state index contributed by atoms with van der Waals surface area (Å²) in [6.45, 7) is 0. The highest BCUT2D eigenvalue weighted by atomic mass is 32.1. The molecule has 0 radical (unpaired) electrons. The van der Waals surface area contributed by atoms with Crippen molar-refractivity contribution >= 4 is 45.5 Å². The first kappa shape index (κ1) is 18.0. The summed E-state index contributed by atoms with van der Waals surface area (Å²) in [5, 5.41) is 6.74. The number of nitrogens with zero attached hydrogens (tertiary/aromatic N) is 1.